The van der Waals surface area contributed by atoms with Crippen LogP contribution in [-0.2, 0) is 4.74 Å². The molecule has 0 aliphatic carbocycles. The molecule has 0 bridgehead atoms. The highest BCUT2D eigenvalue weighted by Crippen LogP contribution is 2.44. The van der Waals surface area contributed by atoms with E-state index in [2.05, 4.69) is 0 Å². The molecule has 6 rings (SSSR count). The van der Waals surface area contributed by atoms with Crippen molar-refractivity contribution in [3.05, 3.63) is 99.4 Å². The highest BCUT2D eigenvalue weighted by molar-refractivity contribution is 7.22. The summed E-state index contributed by atoms with van der Waals surface area (Å²) in [5, 5.41) is 0.809. The molecule has 1 atom stereocenters. The van der Waals surface area contributed by atoms with E-state index in [4.69, 9.17) is 18.9 Å². The van der Waals surface area contributed by atoms with Gasteiger partial charge in [-0.15, -0.1) is 0 Å². The number of amides is 1. The van der Waals surface area contributed by atoms with Gasteiger partial charge in [0, 0.05) is 0 Å². The largest absolute Gasteiger partial charge is 0.494 e. The van der Waals surface area contributed by atoms with E-state index in [0.29, 0.717) is 45.1 Å². The van der Waals surface area contributed by atoms with Gasteiger partial charge in [0.2, 0.25) is 5.76 Å². The Hall–Kier alpha value is -4.50. The Bertz CT molecular complexity index is 1750. The van der Waals surface area contributed by atoms with Gasteiger partial charge in [-0.2, -0.15) is 0 Å². The molecule has 1 amide bonds. The van der Waals surface area contributed by atoms with Gasteiger partial charge in [-0.05, 0) is 55.0 Å². The van der Waals surface area contributed by atoms with E-state index in [1.807, 2.05) is 25.1 Å². The number of methoxy groups -OCH3 is 1. The number of nitrogens with zero attached hydrogens (tertiary/aromatic N) is 2. The Balaban J connectivity index is 1.56. The van der Waals surface area contributed by atoms with Gasteiger partial charge in [0.1, 0.15) is 11.3 Å². The van der Waals surface area contributed by atoms with E-state index in [9.17, 15) is 14.4 Å². The summed E-state index contributed by atoms with van der Waals surface area (Å²) in [5.74, 6) is -0.239. The highest BCUT2D eigenvalue weighted by Gasteiger charge is 2.45. The van der Waals surface area contributed by atoms with Crippen molar-refractivity contribution in [1.82, 2.24) is 4.98 Å². The predicted octanol–water partition coefficient (Wildman–Crippen LogP) is 5.34. The van der Waals surface area contributed by atoms with E-state index in [1.54, 1.807) is 48.5 Å². The number of esters is 1. The molecule has 1 aliphatic rings. The van der Waals surface area contributed by atoms with E-state index in [1.165, 1.54) is 23.3 Å². The van der Waals surface area contributed by atoms with E-state index in [0.717, 1.165) is 4.70 Å². The van der Waals surface area contributed by atoms with Crippen LogP contribution in [0.15, 0.2) is 75.9 Å². The Kier molecular flexibility index (Phi) is 5.49. The van der Waals surface area contributed by atoms with Crippen molar-refractivity contribution in [1.29, 1.82) is 0 Å². The molecule has 0 N–H and O–H groups in total. The molecule has 9 heteroatoms. The minimum Gasteiger partial charge on any atom is -0.494 e. The number of hydrogen-bond donors (Lipinski definition) is 0. The second-order valence-corrected chi connectivity index (χ2v) is 9.43. The van der Waals surface area contributed by atoms with Crippen molar-refractivity contribution < 1.29 is 23.5 Å². The first-order valence-corrected chi connectivity index (χ1v) is 12.4. The van der Waals surface area contributed by atoms with Crippen LogP contribution in [-0.4, -0.2) is 30.6 Å². The molecule has 0 radical (unpaired) electrons. The summed E-state index contributed by atoms with van der Waals surface area (Å²) in [4.78, 5) is 45.7. The van der Waals surface area contributed by atoms with Gasteiger partial charge in [-0.3, -0.25) is 14.5 Å². The maximum absolute atomic E-state index is 13.8. The number of para-hydroxylation sites is 1. The average Bonchev–Trinajstić information content (AvgIpc) is 3.47. The first kappa shape index (κ1) is 22.9. The van der Waals surface area contributed by atoms with Crippen LogP contribution in [0.5, 0.6) is 5.75 Å². The Morgan fingerprint density at radius 3 is 2.62 bits per heavy atom. The van der Waals surface area contributed by atoms with Crippen LogP contribution in [0.4, 0.5) is 5.13 Å². The maximum Gasteiger partial charge on any atom is 0.337 e. The number of rotatable bonds is 5. The van der Waals surface area contributed by atoms with Crippen LogP contribution in [0, 0.1) is 0 Å². The van der Waals surface area contributed by atoms with Crippen LogP contribution in [0.3, 0.4) is 0 Å². The Morgan fingerprint density at radius 2 is 1.86 bits per heavy atom. The smallest absolute Gasteiger partial charge is 0.337 e. The van der Waals surface area contributed by atoms with Crippen LogP contribution >= 0.6 is 11.3 Å². The van der Waals surface area contributed by atoms with E-state index >= 15 is 0 Å². The van der Waals surface area contributed by atoms with Crippen LogP contribution in [0.25, 0.3) is 21.2 Å². The Labute approximate surface area is 214 Å². The highest BCUT2D eigenvalue weighted by atomic mass is 32.1. The van der Waals surface area contributed by atoms with Crippen molar-refractivity contribution in [3.8, 4) is 5.75 Å². The molecule has 1 unspecified atom stereocenters. The van der Waals surface area contributed by atoms with Gasteiger partial charge in [0.05, 0.1) is 46.5 Å². The lowest BCUT2D eigenvalue weighted by Crippen LogP contribution is -2.29. The standard InChI is InChI=1S/C28H20N2O6S/c1-3-35-17-12-13-19-21(14-17)37-28(29-19)30-23(15-8-10-16(11-9-15)27(33)34-2)22-24(31)18-6-4-5-7-20(18)36-25(22)26(30)32/h4-14,23H,3H2,1-2H3. The molecule has 1 aliphatic heterocycles. The maximum atomic E-state index is 13.8. The van der Waals surface area contributed by atoms with Crippen molar-refractivity contribution in [2.75, 3.05) is 18.6 Å². The third kappa shape index (κ3) is 3.66. The third-order valence-electron chi connectivity index (χ3n) is 6.29. The van der Waals surface area contributed by atoms with Gasteiger partial charge >= 0.3 is 5.97 Å². The first-order valence-electron chi connectivity index (χ1n) is 11.6. The van der Waals surface area contributed by atoms with Gasteiger partial charge in [0.15, 0.2) is 10.6 Å². The summed E-state index contributed by atoms with van der Waals surface area (Å²) in [6.45, 7) is 2.44. The van der Waals surface area contributed by atoms with Gasteiger partial charge < -0.3 is 13.9 Å². The number of anilines is 1. The first-order chi connectivity index (χ1) is 18.0. The van der Waals surface area contributed by atoms with Crippen molar-refractivity contribution in [3.63, 3.8) is 0 Å². The summed E-state index contributed by atoms with van der Waals surface area (Å²) in [7, 11) is 1.31. The SMILES string of the molecule is CCOc1ccc2nc(N3C(=O)c4oc5ccccc5c(=O)c4C3c3ccc(C(=O)OC)cc3)sc2c1. The monoisotopic (exact) mass is 512 g/mol. The number of benzene rings is 3. The van der Waals surface area contributed by atoms with Crippen molar-refractivity contribution in [2.24, 2.45) is 0 Å². The zero-order valence-corrected chi connectivity index (χ0v) is 20.7. The lowest BCUT2D eigenvalue weighted by Gasteiger charge is -2.22. The number of carbonyl (C=O) groups excluding carboxylic acids is 2. The fourth-order valence-corrected chi connectivity index (χ4v) is 5.62. The zero-order valence-electron chi connectivity index (χ0n) is 19.9. The molecule has 5 aromatic rings. The van der Waals surface area contributed by atoms with Gasteiger partial charge in [0.25, 0.3) is 5.91 Å². The minimum absolute atomic E-state index is 0.0139. The quantitative estimate of drug-likeness (QED) is 0.293. The Morgan fingerprint density at radius 1 is 1.08 bits per heavy atom. The molecule has 0 fully saturated rings. The zero-order chi connectivity index (χ0) is 25.7. The van der Waals surface area contributed by atoms with E-state index in [-0.39, 0.29) is 16.8 Å². The molecule has 0 saturated carbocycles. The normalized spacial score (nSPS) is 14.8. The fraction of sp³-hybridized carbons (Fsp3) is 0.143. The molecule has 184 valence electrons. The molecule has 0 saturated heterocycles. The summed E-state index contributed by atoms with van der Waals surface area (Å²) < 4.78 is 17.3. The fourth-order valence-electron chi connectivity index (χ4n) is 4.60. The number of carbonyl (C=O) groups is 2. The molecule has 37 heavy (non-hydrogen) atoms. The number of hydrogen-bond acceptors (Lipinski definition) is 8. The van der Waals surface area contributed by atoms with Crippen LogP contribution in [0.2, 0.25) is 0 Å². The summed E-state index contributed by atoms with van der Waals surface area (Å²) in [6, 6.07) is 18.2. The topological polar surface area (TPSA) is 98.9 Å². The molecule has 3 aromatic carbocycles. The second kappa shape index (κ2) is 8.86. The van der Waals surface area contributed by atoms with E-state index < -0.39 is 17.9 Å². The average molecular weight is 513 g/mol. The van der Waals surface area contributed by atoms with Gasteiger partial charge in [-0.1, -0.05) is 35.6 Å². The molecule has 3 heterocycles. The molecule has 8 nitrogen and oxygen atoms in total. The lowest BCUT2D eigenvalue weighted by atomic mass is 9.98. The molecular formula is C28H20N2O6S. The summed E-state index contributed by atoms with van der Waals surface area (Å²) >= 11 is 1.33. The molecule has 2 aromatic heterocycles. The minimum atomic E-state index is -0.790. The van der Waals surface area contributed by atoms with Crippen LogP contribution < -0.4 is 15.1 Å². The number of aromatic nitrogens is 1. The van der Waals surface area contributed by atoms with Crippen LogP contribution in [0.1, 0.15) is 45.0 Å². The number of fused-ring (bicyclic) bond motifs is 3. The number of ether oxygens (including phenoxy) is 2. The van der Waals surface area contributed by atoms with Gasteiger partial charge in [-0.25, -0.2) is 9.78 Å². The predicted molar refractivity (Wildman–Crippen MR) is 140 cm³/mol. The van der Waals surface area contributed by atoms with Crippen molar-refractivity contribution in [2.45, 2.75) is 13.0 Å². The number of thiazole rings is 1. The second-order valence-electron chi connectivity index (χ2n) is 8.42. The molecular weight excluding hydrogens is 492 g/mol. The third-order valence-corrected chi connectivity index (χ3v) is 7.31. The molecule has 0 spiro atoms. The summed E-state index contributed by atoms with van der Waals surface area (Å²) in [6.07, 6.45) is 0. The lowest BCUT2D eigenvalue weighted by molar-refractivity contribution is 0.0600. The van der Waals surface area contributed by atoms with Crippen molar-refractivity contribution >= 4 is 49.5 Å². The summed E-state index contributed by atoms with van der Waals surface area (Å²) in [5.41, 5.74) is 1.99.